The number of rotatable bonds is 17. The summed E-state index contributed by atoms with van der Waals surface area (Å²) in [7, 11) is 1.72. The zero-order chi connectivity index (χ0) is 21.5. The average Bonchev–Trinajstić information content (AvgIpc) is 2.71. The summed E-state index contributed by atoms with van der Waals surface area (Å²) in [6.07, 6.45) is 15.4. The van der Waals surface area contributed by atoms with Crippen molar-refractivity contribution in [3.63, 3.8) is 0 Å². The molecular weight excluding hydrogens is 369 g/mol. The van der Waals surface area contributed by atoms with Crippen molar-refractivity contribution in [2.45, 2.75) is 98.8 Å². The summed E-state index contributed by atoms with van der Waals surface area (Å²) in [6, 6.07) is 0. The minimum atomic E-state index is -2.43. The van der Waals surface area contributed by atoms with Crippen molar-refractivity contribution in [1.29, 1.82) is 0 Å². The average molecular weight is 418 g/mol. The summed E-state index contributed by atoms with van der Waals surface area (Å²) in [4.78, 5) is 26.4. The Morgan fingerprint density at radius 1 is 0.714 bits per heavy atom. The van der Waals surface area contributed by atoms with Gasteiger partial charge in [0.2, 0.25) is 0 Å². The number of nitrogens with zero attached hydrogens (tertiary/aromatic N) is 1. The zero-order valence-electron chi connectivity index (χ0n) is 19.7. The molecule has 0 aromatic heterocycles. The second kappa shape index (κ2) is 14.4. The number of carbonyl (C=O) groups is 2. The Morgan fingerprint density at radius 3 is 1.57 bits per heavy atom. The molecule has 28 heavy (non-hydrogen) atoms. The molecule has 0 radical (unpaired) electrons. The Hall–Kier alpha value is -0.630. The van der Waals surface area contributed by atoms with Gasteiger partial charge in [0.05, 0.1) is 0 Å². The fourth-order valence-electron chi connectivity index (χ4n) is 3.98. The van der Waals surface area contributed by atoms with Crippen LogP contribution in [0.4, 0.5) is 0 Å². The second-order valence-corrected chi connectivity index (χ2v) is 14.8. The molecule has 0 aliphatic rings. The number of amides is 1. The summed E-state index contributed by atoms with van der Waals surface area (Å²) >= 11 is 0. The molecule has 0 saturated carbocycles. The van der Waals surface area contributed by atoms with Gasteiger partial charge >= 0.3 is 149 Å². The SMILES string of the molecule is CCCCCCCCCCCC(=O)N(C)CC(=O)OP(CC)(CC)(CC)CC. The zero-order valence-corrected chi connectivity index (χ0v) is 20.6. The molecule has 0 unspecified atom stereocenters. The molecule has 1 amide bonds. The van der Waals surface area contributed by atoms with E-state index in [9.17, 15) is 9.59 Å². The summed E-state index contributed by atoms with van der Waals surface area (Å²) in [5.41, 5.74) is 0. The van der Waals surface area contributed by atoms with Crippen molar-refractivity contribution in [2.75, 3.05) is 38.2 Å². The number of likely N-dealkylation sites (N-methyl/N-ethyl adjacent to an activating group) is 1. The summed E-state index contributed by atoms with van der Waals surface area (Å²) < 4.78 is 6.14. The van der Waals surface area contributed by atoms with Crippen LogP contribution in [0.3, 0.4) is 0 Å². The molecule has 0 heterocycles. The minimum absolute atomic E-state index is 0.0567. The van der Waals surface area contributed by atoms with Crippen LogP contribution in [-0.4, -0.2) is 55.0 Å². The molecule has 168 valence electrons. The standard InChI is InChI=1S/C23H48NO3P/c1-7-12-13-14-15-16-17-18-19-20-22(25)24(6)21-23(26)27-28(8-2,9-3,10-4)11-5/h7-21H2,1-6H3. The topological polar surface area (TPSA) is 46.6 Å². The van der Waals surface area contributed by atoms with E-state index in [1.54, 1.807) is 11.9 Å². The molecular formula is C23H48NO3P. The van der Waals surface area contributed by atoms with E-state index in [1.165, 1.54) is 44.9 Å². The molecule has 0 aromatic carbocycles. The third kappa shape index (κ3) is 9.25. The van der Waals surface area contributed by atoms with Gasteiger partial charge in [-0.1, -0.05) is 26.2 Å². The molecule has 0 aliphatic carbocycles. The molecule has 0 aromatic rings. The van der Waals surface area contributed by atoms with Crippen molar-refractivity contribution in [1.82, 2.24) is 4.90 Å². The molecule has 0 bridgehead atoms. The van der Waals surface area contributed by atoms with E-state index in [0.29, 0.717) is 6.42 Å². The van der Waals surface area contributed by atoms with E-state index in [0.717, 1.165) is 37.5 Å². The van der Waals surface area contributed by atoms with E-state index >= 15 is 0 Å². The Morgan fingerprint density at radius 2 is 1.14 bits per heavy atom. The molecule has 0 fully saturated rings. The van der Waals surface area contributed by atoms with Gasteiger partial charge in [0.25, 0.3) is 0 Å². The quantitative estimate of drug-likeness (QED) is 0.202. The number of unbranched alkanes of at least 4 members (excludes halogenated alkanes) is 8. The summed E-state index contributed by atoms with van der Waals surface area (Å²) in [5.74, 6) is -0.172. The Labute approximate surface area is 175 Å². The predicted molar refractivity (Wildman–Crippen MR) is 125 cm³/mol. The van der Waals surface area contributed by atoms with Crippen LogP contribution in [0.25, 0.3) is 0 Å². The second-order valence-electron chi connectivity index (χ2n) is 8.41. The molecule has 0 atom stereocenters. The molecule has 5 heteroatoms. The molecule has 0 spiro atoms. The first-order chi connectivity index (χ1) is 13.3. The van der Waals surface area contributed by atoms with Gasteiger partial charge in [0, 0.05) is 0 Å². The number of carbonyl (C=O) groups excluding carboxylic acids is 2. The first-order valence-electron chi connectivity index (χ1n) is 11.8. The molecule has 0 aliphatic heterocycles. The van der Waals surface area contributed by atoms with Crippen molar-refractivity contribution in [3.8, 4) is 0 Å². The maximum atomic E-state index is 12.6. The van der Waals surface area contributed by atoms with E-state index in [1.807, 2.05) is 0 Å². The van der Waals surface area contributed by atoms with Gasteiger partial charge in [-0.15, -0.1) is 0 Å². The van der Waals surface area contributed by atoms with Crippen LogP contribution in [0.5, 0.6) is 0 Å². The van der Waals surface area contributed by atoms with Gasteiger partial charge < -0.3 is 0 Å². The van der Waals surface area contributed by atoms with Crippen molar-refractivity contribution in [3.05, 3.63) is 0 Å². The molecule has 4 nitrogen and oxygen atoms in total. The third-order valence-corrected chi connectivity index (χ3v) is 14.0. The van der Waals surface area contributed by atoms with Crippen LogP contribution < -0.4 is 0 Å². The third-order valence-electron chi connectivity index (χ3n) is 6.85. The molecule has 0 N–H and O–H groups in total. The van der Waals surface area contributed by atoms with Gasteiger partial charge in [-0.25, -0.2) is 0 Å². The fraction of sp³-hybridized carbons (Fsp3) is 0.913. The fourth-order valence-corrected chi connectivity index (χ4v) is 7.81. The monoisotopic (exact) mass is 417 g/mol. The number of hydrogen-bond donors (Lipinski definition) is 0. The van der Waals surface area contributed by atoms with E-state index in [-0.39, 0.29) is 18.4 Å². The van der Waals surface area contributed by atoms with Crippen molar-refractivity contribution in [2.24, 2.45) is 0 Å². The Bertz CT molecular complexity index is 426. The van der Waals surface area contributed by atoms with E-state index in [4.69, 9.17) is 4.52 Å². The Balaban J connectivity index is 4.18. The molecule has 0 saturated heterocycles. The van der Waals surface area contributed by atoms with Crippen LogP contribution >= 0.6 is 6.83 Å². The van der Waals surface area contributed by atoms with Crippen LogP contribution in [0.2, 0.25) is 0 Å². The van der Waals surface area contributed by atoms with Gasteiger partial charge in [-0.2, -0.15) is 0 Å². The Kier molecular flexibility index (Phi) is 14.0. The normalized spacial score (nSPS) is 13.0. The van der Waals surface area contributed by atoms with Crippen LogP contribution in [0.15, 0.2) is 0 Å². The van der Waals surface area contributed by atoms with E-state index in [2.05, 4.69) is 34.6 Å². The van der Waals surface area contributed by atoms with E-state index < -0.39 is 6.83 Å². The van der Waals surface area contributed by atoms with Crippen molar-refractivity contribution < 1.29 is 14.1 Å². The van der Waals surface area contributed by atoms with Gasteiger partial charge in [-0.05, 0) is 0 Å². The maximum absolute atomic E-state index is 12.6. The van der Waals surface area contributed by atoms with Gasteiger partial charge in [0.1, 0.15) is 0 Å². The number of hydrogen-bond acceptors (Lipinski definition) is 3. The van der Waals surface area contributed by atoms with Gasteiger partial charge in [0.15, 0.2) is 0 Å². The van der Waals surface area contributed by atoms with Crippen LogP contribution in [0.1, 0.15) is 98.8 Å². The predicted octanol–water partition coefficient (Wildman–Crippen LogP) is 6.46. The first kappa shape index (κ1) is 27.4. The summed E-state index contributed by atoms with van der Waals surface area (Å²) in [6.45, 7) is 8.45. The first-order valence-corrected chi connectivity index (χ1v) is 14.7. The molecule has 0 rings (SSSR count). The van der Waals surface area contributed by atoms with Gasteiger partial charge in [-0.3, -0.25) is 0 Å². The van der Waals surface area contributed by atoms with Crippen LogP contribution in [-0.2, 0) is 14.1 Å². The summed E-state index contributed by atoms with van der Waals surface area (Å²) in [5, 5.41) is 0. The van der Waals surface area contributed by atoms with Crippen molar-refractivity contribution >= 4 is 18.7 Å². The van der Waals surface area contributed by atoms with Crippen LogP contribution in [0, 0.1) is 0 Å².